The number of amides is 1. The van der Waals surface area contributed by atoms with Crippen LogP contribution < -0.4 is 10.1 Å². The van der Waals surface area contributed by atoms with Gasteiger partial charge in [0.25, 0.3) is 0 Å². The second-order valence-corrected chi connectivity index (χ2v) is 6.69. The number of ether oxygens (including phenoxy) is 1. The Morgan fingerprint density at radius 3 is 2.78 bits per heavy atom. The summed E-state index contributed by atoms with van der Waals surface area (Å²) in [5.41, 5.74) is 1.12. The van der Waals surface area contributed by atoms with Crippen LogP contribution in [0.2, 0.25) is 0 Å². The van der Waals surface area contributed by atoms with Gasteiger partial charge in [-0.2, -0.15) is 0 Å². The van der Waals surface area contributed by atoms with Gasteiger partial charge in [0, 0.05) is 19.1 Å². The quantitative estimate of drug-likeness (QED) is 0.774. The second-order valence-electron chi connectivity index (χ2n) is 6.69. The molecule has 0 aromatic heterocycles. The first kappa shape index (κ1) is 17.8. The number of hydrogen-bond acceptors (Lipinski definition) is 3. The number of rotatable bonds is 8. The molecule has 0 aliphatic heterocycles. The highest BCUT2D eigenvalue weighted by molar-refractivity contribution is 5.76. The molecule has 0 radical (unpaired) electrons. The highest BCUT2D eigenvalue weighted by Gasteiger charge is 2.17. The van der Waals surface area contributed by atoms with Crippen LogP contribution in [-0.4, -0.2) is 29.8 Å². The average Bonchev–Trinajstić information content (AvgIpc) is 3.05. The molecule has 1 aromatic rings. The van der Waals surface area contributed by atoms with E-state index in [1.54, 1.807) is 0 Å². The van der Waals surface area contributed by atoms with Gasteiger partial charge in [-0.15, -0.1) is 0 Å². The molecule has 1 fully saturated rings. The Morgan fingerprint density at radius 1 is 1.35 bits per heavy atom. The van der Waals surface area contributed by atoms with Crippen molar-refractivity contribution in [2.45, 2.75) is 64.5 Å². The first-order valence-electron chi connectivity index (χ1n) is 8.74. The van der Waals surface area contributed by atoms with Crippen LogP contribution in [0.3, 0.4) is 0 Å². The van der Waals surface area contributed by atoms with Crippen LogP contribution in [0, 0.1) is 5.92 Å². The van der Waals surface area contributed by atoms with Crippen molar-refractivity contribution >= 4 is 5.91 Å². The Morgan fingerprint density at radius 2 is 2.09 bits per heavy atom. The average molecular weight is 319 g/mol. The van der Waals surface area contributed by atoms with E-state index in [0.29, 0.717) is 18.9 Å². The number of carbonyl (C=O) groups is 1. The molecule has 2 N–H and O–H groups in total. The third-order valence-corrected chi connectivity index (χ3v) is 4.67. The molecule has 0 heterocycles. The van der Waals surface area contributed by atoms with E-state index in [9.17, 15) is 4.79 Å². The monoisotopic (exact) mass is 319 g/mol. The Hall–Kier alpha value is -1.55. The number of aryl methyl sites for hydroxylation is 1. The van der Waals surface area contributed by atoms with E-state index in [1.807, 2.05) is 38.1 Å². The Kier molecular flexibility index (Phi) is 6.90. The summed E-state index contributed by atoms with van der Waals surface area (Å²) in [6.45, 7) is 3.94. The molecule has 1 amide bonds. The van der Waals surface area contributed by atoms with Gasteiger partial charge in [-0.1, -0.05) is 19.1 Å². The van der Waals surface area contributed by atoms with Crippen LogP contribution in [-0.2, 0) is 11.2 Å². The number of aliphatic hydroxyl groups excluding tert-OH is 1. The number of nitrogens with one attached hydrogen (secondary N) is 1. The van der Waals surface area contributed by atoms with Crippen LogP contribution in [0.4, 0.5) is 0 Å². The van der Waals surface area contributed by atoms with Crippen molar-refractivity contribution in [3.8, 4) is 5.75 Å². The molecular weight excluding hydrogens is 290 g/mol. The summed E-state index contributed by atoms with van der Waals surface area (Å²) in [5.74, 6) is 1.01. The van der Waals surface area contributed by atoms with Crippen LogP contribution in [0.15, 0.2) is 24.3 Å². The van der Waals surface area contributed by atoms with Gasteiger partial charge < -0.3 is 15.2 Å². The van der Waals surface area contributed by atoms with Gasteiger partial charge in [-0.05, 0) is 62.6 Å². The van der Waals surface area contributed by atoms with Crippen molar-refractivity contribution in [1.29, 1.82) is 0 Å². The maximum absolute atomic E-state index is 12.0. The molecule has 1 aromatic carbocycles. The smallest absolute Gasteiger partial charge is 0.220 e. The molecule has 1 aliphatic rings. The molecule has 128 valence electrons. The highest BCUT2D eigenvalue weighted by atomic mass is 16.5. The number of benzene rings is 1. The summed E-state index contributed by atoms with van der Waals surface area (Å²) in [7, 11) is 0. The van der Waals surface area contributed by atoms with Gasteiger partial charge in [0.15, 0.2) is 0 Å². The van der Waals surface area contributed by atoms with E-state index >= 15 is 0 Å². The first-order chi connectivity index (χ1) is 11.1. The van der Waals surface area contributed by atoms with Crippen LogP contribution in [0.25, 0.3) is 0 Å². The van der Waals surface area contributed by atoms with E-state index in [-0.39, 0.29) is 24.5 Å². The summed E-state index contributed by atoms with van der Waals surface area (Å²) < 4.78 is 6.00. The van der Waals surface area contributed by atoms with E-state index < -0.39 is 0 Å². The molecule has 1 aliphatic carbocycles. The van der Waals surface area contributed by atoms with E-state index in [0.717, 1.165) is 24.2 Å². The van der Waals surface area contributed by atoms with Crippen molar-refractivity contribution < 1.29 is 14.6 Å². The zero-order valence-corrected chi connectivity index (χ0v) is 14.3. The van der Waals surface area contributed by atoms with Gasteiger partial charge in [0.05, 0.1) is 6.10 Å². The third kappa shape index (κ3) is 5.87. The Balaban J connectivity index is 1.79. The molecule has 4 nitrogen and oxygen atoms in total. The molecule has 4 heteroatoms. The van der Waals surface area contributed by atoms with E-state index in [2.05, 4.69) is 5.32 Å². The van der Waals surface area contributed by atoms with Crippen molar-refractivity contribution in [2.24, 2.45) is 5.92 Å². The SMILES string of the molecule is CC(CO)C(C)NC(=O)CCc1cccc(OC2CCCC2)c1. The molecule has 0 saturated heterocycles. The van der Waals surface area contributed by atoms with Gasteiger partial charge >= 0.3 is 0 Å². The minimum atomic E-state index is -0.00969. The fourth-order valence-corrected chi connectivity index (χ4v) is 2.86. The Bertz CT molecular complexity index is 497. The van der Waals surface area contributed by atoms with Crippen molar-refractivity contribution in [3.05, 3.63) is 29.8 Å². The Labute approximate surface area is 139 Å². The maximum atomic E-state index is 12.0. The summed E-state index contributed by atoms with van der Waals surface area (Å²) in [6.07, 6.45) is 6.32. The van der Waals surface area contributed by atoms with Crippen molar-refractivity contribution in [1.82, 2.24) is 5.32 Å². The molecule has 2 atom stereocenters. The molecule has 0 bridgehead atoms. The molecule has 2 rings (SSSR count). The largest absolute Gasteiger partial charge is 0.490 e. The molecular formula is C19H29NO3. The topological polar surface area (TPSA) is 58.6 Å². The van der Waals surface area contributed by atoms with Crippen LogP contribution in [0.5, 0.6) is 5.75 Å². The lowest BCUT2D eigenvalue weighted by Crippen LogP contribution is -2.38. The maximum Gasteiger partial charge on any atom is 0.220 e. The number of aliphatic hydroxyl groups is 1. The summed E-state index contributed by atoms with van der Waals surface area (Å²) in [6, 6.07) is 8.06. The van der Waals surface area contributed by atoms with Crippen molar-refractivity contribution in [2.75, 3.05) is 6.61 Å². The normalized spacial score (nSPS) is 17.7. The number of hydrogen-bond donors (Lipinski definition) is 2. The summed E-state index contributed by atoms with van der Waals surface area (Å²) >= 11 is 0. The van der Waals surface area contributed by atoms with E-state index in [4.69, 9.17) is 9.84 Å². The summed E-state index contributed by atoms with van der Waals surface area (Å²) in [5, 5.41) is 12.1. The number of carbonyl (C=O) groups excluding carboxylic acids is 1. The molecule has 0 spiro atoms. The van der Waals surface area contributed by atoms with Gasteiger partial charge in [0.2, 0.25) is 5.91 Å². The second kappa shape index (κ2) is 8.92. The zero-order chi connectivity index (χ0) is 16.7. The predicted molar refractivity (Wildman–Crippen MR) is 91.5 cm³/mol. The van der Waals surface area contributed by atoms with Gasteiger partial charge in [0.1, 0.15) is 5.75 Å². The highest BCUT2D eigenvalue weighted by Crippen LogP contribution is 2.24. The third-order valence-electron chi connectivity index (χ3n) is 4.67. The van der Waals surface area contributed by atoms with Crippen molar-refractivity contribution in [3.63, 3.8) is 0 Å². The molecule has 2 unspecified atom stereocenters. The predicted octanol–water partition coefficient (Wildman–Crippen LogP) is 3.07. The lowest BCUT2D eigenvalue weighted by Gasteiger charge is -2.19. The van der Waals surface area contributed by atoms with Crippen LogP contribution in [0.1, 0.15) is 51.5 Å². The zero-order valence-electron chi connectivity index (χ0n) is 14.3. The first-order valence-corrected chi connectivity index (χ1v) is 8.74. The molecule has 1 saturated carbocycles. The van der Waals surface area contributed by atoms with Crippen LogP contribution >= 0.6 is 0 Å². The minimum Gasteiger partial charge on any atom is -0.490 e. The summed E-state index contributed by atoms with van der Waals surface area (Å²) in [4.78, 5) is 12.0. The fourth-order valence-electron chi connectivity index (χ4n) is 2.86. The standard InChI is InChI=1S/C19H29NO3/c1-14(13-21)15(2)20-19(22)11-10-16-6-5-9-18(12-16)23-17-7-3-4-8-17/h5-6,9,12,14-15,17,21H,3-4,7-8,10-11,13H2,1-2H3,(H,20,22). The fraction of sp³-hybridized carbons (Fsp3) is 0.632. The lowest BCUT2D eigenvalue weighted by atomic mass is 10.0. The van der Waals surface area contributed by atoms with Gasteiger partial charge in [-0.25, -0.2) is 0 Å². The minimum absolute atomic E-state index is 0.00969. The lowest BCUT2D eigenvalue weighted by molar-refractivity contribution is -0.122. The van der Waals surface area contributed by atoms with Gasteiger partial charge in [-0.3, -0.25) is 4.79 Å². The molecule has 23 heavy (non-hydrogen) atoms. The van der Waals surface area contributed by atoms with E-state index in [1.165, 1.54) is 12.8 Å².